The molecule has 10 nitrogen and oxygen atoms in total. The summed E-state index contributed by atoms with van der Waals surface area (Å²) in [5, 5.41) is 21.9. The number of ether oxygens (including phenoxy) is 3. The van der Waals surface area contributed by atoms with Crippen LogP contribution in [0.15, 0.2) is 39.8 Å². The van der Waals surface area contributed by atoms with Crippen molar-refractivity contribution in [2.24, 2.45) is 23.2 Å². The highest BCUT2D eigenvalue weighted by atomic mass is 16.6. The van der Waals surface area contributed by atoms with Crippen molar-refractivity contribution in [3.63, 3.8) is 0 Å². The summed E-state index contributed by atoms with van der Waals surface area (Å²) >= 11 is 0. The lowest BCUT2D eigenvalue weighted by atomic mass is 9.50. The molecule has 10 heteroatoms. The van der Waals surface area contributed by atoms with Crippen LogP contribution in [0.25, 0.3) is 11.3 Å². The Morgan fingerprint density at radius 1 is 1.24 bits per heavy atom. The zero-order valence-corrected chi connectivity index (χ0v) is 21.6. The number of esters is 2. The molecule has 3 heterocycles. The van der Waals surface area contributed by atoms with Crippen LogP contribution in [-0.2, 0) is 19.1 Å². The van der Waals surface area contributed by atoms with E-state index in [9.17, 15) is 24.6 Å². The van der Waals surface area contributed by atoms with Gasteiger partial charge in [0.15, 0.2) is 0 Å². The Labute approximate surface area is 214 Å². The van der Waals surface area contributed by atoms with E-state index >= 15 is 0 Å². The van der Waals surface area contributed by atoms with Crippen LogP contribution >= 0.6 is 0 Å². The number of nitrogens with zero attached hydrogens (tertiary/aromatic N) is 1. The van der Waals surface area contributed by atoms with E-state index in [2.05, 4.69) is 4.98 Å². The number of hydrogen-bond donors (Lipinski definition) is 2. The molecular formula is C27H33NO9. The lowest BCUT2D eigenvalue weighted by Crippen LogP contribution is -2.67. The number of fused-ring (bicyclic) bond motifs is 2. The van der Waals surface area contributed by atoms with Crippen LogP contribution in [0.1, 0.15) is 52.7 Å². The second kappa shape index (κ2) is 9.90. The van der Waals surface area contributed by atoms with Crippen LogP contribution in [0.4, 0.5) is 0 Å². The molecule has 2 aliphatic rings. The number of aliphatic hydroxyl groups is 2. The predicted octanol–water partition coefficient (Wildman–Crippen LogP) is 2.65. The molecule has 0 spiro atoms. The molecule has 200 valence electrons. The summed E-state index contributed by atoms with van der Waals surface area (Å²) in [6.45, 7) is 7.82. The zero-order chi connectivity index (χ0) is 27.1. The Morgan fingerprint density at radius 3 is 2.57 bits per heavy atom. The Balaban J connectivity index is 1.83. The average molecular weight is 516 g/mol. The molecular weight excluding hydrogens is 482 g/mol. The van der Waals surface area contributed by atoms with E-state index in [4.69, 9.17) is 18.6 Å². The molecule has 2 aromatic heterocycles. The van der Waals surface area contributed by atoms with E-state index < -0.39 is 52.6 Å². The van der Waals surface area contributed by atoms with Crippen molar-refractivity contribution >= 4 is 11.9 Å². The maximum atomic E-state index is 13.2. The minimum absolute atomic E-state index is 0.0223. The fourth-order valence-electron chi connectivity index (χ4n) is 6.36. The number of pyridine rings is 1. The van der Waals surface area contributed by atoms with Gasteiger partial charge in [-0.25, -0.2) is 4.79 Å². The van der Waals surface area contributed by atoms with Crippen LogP contribution < -0.4 is 10.4 Å². The van der Waals surface area contributed by atoms with E-state index in [0.29, 0.717) is 5.56 Å². The van der Waals surface area contributed by atoms with Crippen molar-refractivity contribution in [1.29, 1.82) is 0 Å². The minimum atomic E-state index is -1.32. The second-order valence-corrected chi connectivity index (χ2v) is 10.6. The summed E-state index contributed by atoms with van der Waals surface area (Å²) in [6.07, 6.45) is 1.28. The summed E-state index contributed by atoms with van der Waals surface area (Å²) in [5.41, 5.74) is -2.19. The third kappa shape index (κ3) is 4.75. The molecule has 6 atom stereocenters. The molecule has 1 aliphatic heterocycles. The van der Waals surface area contributed by atoms with Crippen molar-refractivity contribution in [3.05, 3.63) is 46.6 Å². The van der Waals surface area contributed by atoms with E-state index in [1.165, 1.54) is 13.8 Å². The molecule has 1 saturated carbocycles. The largest absolute Gasteiger partial charge is 0.482 e. The number of aromatic nitrogens is 1. The number of aliphatic hydroxyl groups excluding tert-OH is 2. The van der Waals surface area contributed by atoms with Crippen molar-refractivity contribution in [2.45, 2.75) is 58.8 Å². The van der Waals surface area contributed by atoms with Gasteiger partial charge in [-0.15, -0.1) is 0 Å². The molecule has 37 heavy (non-hydrogen) atoms. The number of hydrogen-bond acceptors (Lipinski definition) is 10. The second-order valence-electron chi connectivity index (χ2n) is 10.6. The van der Waals surface area contributed by atoms with Gasteiger partial charge in [-0.05, 0) is 36.8 Å². The Bertz CT molecular complexity index is 1220. The van der Waals surface area contributed by atoms with Crippen LogP contribution in [-0.4, -0.2) is 52.1 Å². The Morgan fingerprint density at radius 2 is 1.97 bits per heavy atom. The van der Waals surface area contributed by atoms with Gasteiger partial charge >= 0.3 is 17.6 Å². The van der Waals surface area contributed by atoms with E-state index in [-0.39, 0.29) is 42.6 Å². The van der Waals surface area contributed by atoms with Crippen molar-refractivity contribution in [3.8, 4) is 17.1 Å². The molecule has 0 radical (unpaired) electrons. The van der Waals surface area contributed by atoms with Gasteiger partial charge in [-0.1, -0.05) is 13.8 Å². The van der Waals surface area contributed by atoms with Crippen molar-refractivity contribution in [2.75, 3.05) is 13.2 Å². The van der Waals surface area contributed by atoms with E-state index in [1.807, 2.05) is 13.8 Å². The summed E-state index contributed by atoms with van der Waals surface area (Å²) in [5.74, 6) is -2.24. The molecule has 0 bridgehead atoms. The van der Waals surface area contributed by atoms with Crippen molar-refractivity contribution in [1.82, 2.24) is 4.98 Å². The molecule has 1 unspecified atom stereocenters. The molecule has 2 N–H and O–H groups in total. The quantitative estimate of drug-likeness (QED) is 0.551. The smallest absolute Gasteiger partial charge is 0.345 e. The average Bonchev–Trinajstić information content (AvgIpc) is 2.81. The molecule has 0 saturated heterocycles. The predicted molar refractivity (Wildman–Crippen MR) is 130 cm³/mol. The fraction of sp³-hybridized carbons (Fsp3) is 0.556. The van der Waals surface area contributed by atoms with E-state index in [1.54, 1.807) is 37.5 Å². The third-order valence-corrected chi connectivity index (χ3v) is 7.93. The highest BCUT2D eigenvalue weighted by Crippen LogP contribution is 2.61. The topological polar surface area (TPSA) is 145 Å². The van der Waals surface area contributed by atoms with Crippen molar-refractivity contribution < 1.29 is 38.4 Å². The first kappa shape index (κ1) is 26.8. The first-order chi connectivity index (χ1) is 17.4. The molecule has 4 rings (SSSR count). The summed E-state index contributed by atoms with van der Waals surface area (Å²) < 4.78 is 23.0. The van der Waals surface area contributed by atoms with Gasteiger partial charge in [0, 0.05) is 56.3 Å². The summed E-state index contributed by atoms with van der Waals surface area (Å²) in [7, 11) is 0. The third-order valence-electron chi connectivity index (χ3n) is 7.93. The molecule has 0 amide bonds. The highest BCUT2D eigenvalue weighted by Gasteiger charge is 2.65. The monoisotopic (exact) mass is 515 g/mol. The molecule has 0 aromatic carbocycles. The van der Waals surface area contributed by atoms with Gasteiger partial charge in [-0.2, -0.15) is 0 Å². The highest BCUT2D eigenvalue weighted by molar-refractivity contribution is 5.66. The van der Waals surface area contributed by atoms with Crippen LogP contribution in [0.2, 0.25) is 0 Å². The number of carbonyl (C=O) groups is 2. The first-order valence-corrected chi connectivity index (χ1v) is 12.3. The molecule has 1 aliphatic carbocycles. The van der Waals surface area contributed by atoms with Gasteiger partial charge in [0.25, 0.3) is 0 Å². The zero-order valence-electron chi connectivity index (χ0n) is 21.6. The Kier molecular flexibility index (Phi) is 7.18. The molecule has 1 fully saturated rings. The summed E-state index contributed by atoms with van der Waals surface area (Å²) in [4.78, 5) is 40.8. The number of carbonyl (C=O) groups excluding carboxylic acids is 2. The van der Waals surface area contributed by atoms with Gasteiger partial charge in [0.1, 0.15) is 28.8 Å². The summed E-state index contributed by atoms with van der Waals surface area (Å²) in [6, 6.07) is 4.98. The minimum Gasteiger partial charge on any atom is -0.482 e. The van der Waals surface area contributed by atoms with Crippen LogP contribution in [0.3, 0.4) is 0 Å². The maximum absolute atomic E-state index is 13.2. The van der Waals surface area contributed by atoms with Crippen LogP contribution in [0, 0.1) is 23.2 Å². The lowest BCUT2D eigenvalue weighted by molar-refractivity contribution is -0.234. The molecule has 2 aromatic rings. The number of rotatable bonds is 6. The maximum Gasteiger partial charge on any atom is 0.345 e. The van der Waals surface area contributed by atoms with Crippen LogP contribution in [0.5, 0.6) is 5.75 Å². The van der Waals surface area contributed by atoms with Gasteiger partial charge < -0.3 is 28.8 Å². The normalized spacial score (nSPS) is 28.7. The SMILES string of the molecule is CC(=O)OCC(CO)[C@@H]1C[C@H](OC(C)=O)[C@@]2(C)Oc3cc(-c4cccnc4)oc(=O)c3[C@H](O)[C@@H]2C1(C)C. The van der Waals surface area contributed by atoms with E-state index in [0.717, 1.165) is 0 Å². The van der Waals surface area contributed by atoms with Gasteiger partial charge in [-0.3, -0.25) is 14.6 Å². The standard InChI is InChI=1S/C27H33NO9/c1-14(30)34-13-17(12-29)18-9-21(35-15(2)31)27(5)24(26(18,3)4)23(32)22-20(37-27)10-19(36-25(22)33)16-7-6-8-28-11-16/h6-8,10-11,17-18,21,23-24,29,32H,9,12-13H2,1-5H3/t17?,18-,21-,23-,24+,27+/m0/s1. The lowest BCUT2D eigenvalue weighted by Gasteiger charge is -2.60. The fourth-order valence-corrected chi connectivity index (χ4v) is 6.36. The first-order valence-electron chi connectivity index (χ1n) is 12.3. The van der Waals surface area contributed by atoms with Gasteiger partial charge in [0.2, 0.25) is 0 Å². The van der Waals surface area contributed by atoms with Gasteiger partial charge in [0.05, 0.1) is 12.7 Å². The Hall–Kier alpha value is -3.24.